The van der Waals surface area contributed by atoms with Crippen molar-refractivity contribution in [2.24, 2.45) is 5.92 Å². The Balaban J connectivity index is 2.14. The Morgan fingerprint density at radius 2 is 2.19 bits per heavy atom. The molecule has 0 unspecified atom stereocenters. The van der Waals surface area contributed by atoms with Crippen molar-refractivity contribution < 1.29 is 0 Å². The maximum absolute atomic E-state index is 3.87. The quantitative estimate of drug-likeness (QED) is 0.703. The van der Waals surface area contributed by atoms with Crippen molar-refractivity contribution in [2.45, 2.75) is 20.4 Å². The summed E-state index contributed by atoms with van der Waals surface area (Å²) >= 11 is 0. The van der Waals surface area contributed by atoms with Crippen LogP contribution in [0.1, 0.15) is 19.4 Å². The topological polar surface area (TPSA) is 41.0 Å². The van der Waals surface area contributed by atoms with Crippen LogP contribution < -0.4 is 5.32 Å². The van der Waals surface area contributed by atoms with Crippen LogP contribution in [0.4, 0.5) is 0 Å². The molecule has 0 spiro atoms. The fraction of sp³-hybridized carbons (Fsp3) is 0.667. The molecule has 0 aliphatic carbocycles. The third kappa shape index (κ3) is 5.78. The number of rotatable bonds is 7. The van der Waals surface area contributed by atoms with Crippen molar-refractivity contribution in [1.82, 2.24) is 20.4 Å². The molecular formula is C12H22N4. The predicted molar refractivity (Wildman–Crippen MR) is 66.1 cm³/mol. The maximum Gasteiger partial charge on any atom is 0.0541 e. The largest absolute Gasteiger partial charge is 0.315 e. The van der Waals surface area contributed by atoms with Gasteiger partial charge in [0, 0.05) is 25.8 Å². The van der Waals surface area contributed by atoms with Crippen LogP contribution in [0, 0.1) is 5.92 Å². The lowest BCUT2D eigenvalue weighted by Crippen LogP contribution is -2.30. The van der Waals surface area contributed by atoms with Crippen LogP contribution in [-0.4, -0.2) is 41.8 Å². The van der Waals surface area contributed by atoms with E-state index in [1.54, 1.807) is 6.20 Å². The molecule has 90 valence electrons. The minimum Gasteiger partial charge on any atom is -0.315 e. The van der Waals surface area contributed by atoms with Gasteiger partial charge >= 0.3 is 0 Å². The standard InChI is InChI=1S/C12H22N4/c1-11(2)8-13-6-7-16(3)10-12-4-5-14-15-9-12/h4-5,9,11,13H,6-8,10H2,1-3H3. The van der Waals surface area contributed by atoms with Crippen LogP contribution in [-0.2, 0) is 6.54 Å². The van der Waals surface area contributed by atoms with E-state index in [4.69, 9.17) is 0 Å². The molecule has 4 heteroatoms. The highest BCUT2D eigenvalue weighted by atomic mass is 15.1. The fourth-order valence-electron chi connectivity index (χ4n) is 1.46. The molecule has 1 rings (SSSR count). The van der Waals surface area contributed by atoms with Gasteiger partial charge < -0.3 is 10.2 Å². The summed E-state index contributed by atoms with van der Waals surface area (Å²) in [6.07, 6.45) is 3.55. The van der Waals surface area contributed by atoms with Gasteiger partial charge in [0.2, 0.25) is 0 Å². The van der Waals surface area contributed by atoms with E-state index >= 15 is 0 Å². The van der Waals surface area contributed by atoms with Gasteiger partial charge in [-0.3, -0.25) is 0 Å². The van der Waals surface area contributed by atoms with Gasteiger partial charge in [-0.05, 0) is 31.1 Å². The molecule has 1 aromatic heterocycles. The highest BCUT2D eigenvalue weighted by Crippen LogP contribution is 1.98. The molecule has 0 atom stereocenters. The smallest absolute Gasteiger partial charge is 0.0541 e. The zero-order valence-electron chi connectivity index (χ0n) is 10.5. The molecule has 1 aromatic rings. The van der Waals surface area contributed by atoms with Crippen molar-refractivity contribution >= 4 is 0 Å². The molecule has 0 amide bonds. The third-order valence-electron chi connectivity index (χ3n) is 2.32. The Bertz CT molecular complexity index is 274. The number of nitrogens with zero attached hydrogens (tertiary/aromatic N) is 3. The van der Waals surface area contributed by atoms with Gasteiger partial charge in [-0.25, -0.2) is 0 Å². The van der Waals surface area contributed by atoms with E-state index in [1.807, 2.05) is 12.3 Å². The normalized spacial score (nSPS) is 11.3. The lowest BCUT2D eigenvalue weighted by molar-refractivity contribution is 0.321. The Hall–Kier alpha value is -1.00. The van der Waals surface area contributed by atoms with Crippen LogP contribution in [0.15, 0.2) is 18.5 Å². The molecule has 0 fully saturated rings. The van der Waals surface area contributed by atoms with Crippen LogP contribution in [0.3, 0.4) is 0 Å². The zero-order chi connectivity index (χ0) is 11.8. The summed E-state index contributed by atoms with van der Waals surface area (Å²) in [5.74, 6) is 0.717. The first-order valence-electron chi connectivity index (χ1n) is 5.83. The summed E-state index contributed by atoms with van der Waals surface area (Å²) < 4.78 is 0. The molecule has 1 heterocycles. The van der Waals surface area contributed by atoms with E-state index < -0.39 is 0 Å². The average Bonchev–Trinajstić information content (AvgIpc) is 2.25. The van der Waals surface area contributed by atoms with E-state index in [0.717, 1.165) is 32.1 Å². The molecule has 0 saturated heterocycles. The Morgan fingerprint density at radius 1 is 1.38 bits per heavy atom. The second-order valence-corrected chi connectivity index (χ2v) is 4.59. The van der Waals surface area contributed by atoms with Crippen molar-refractivity contribution in [3.63, 3.8) is 0 Å². The number of hydrogen-bond donors (Lipinski definition) is 1. The molecule has 4 nitrogen and oxygen atoms in total. The summed E-state index contributed by atoms with van der Waals surface area (Å²) in [4.78, 5) is 2.28. The first-order valence-corrected chi connectivity index (χ1v) is 5.83. The molecule has 0 aliphatic rings. The van der Waals surface area contributed by atoms with Crippen molar-refractivity contribution in [2.75, 3.05) is 26.7 Å². The molecule has 0 aromatic carbocycles. The Labute approximate surface area is 98.1 Å². The lowest BCUT2D eigenvalue weighted by atomic mass is 10.2. The monoisotopic (exact) mass is 222 g/mol. The van der Waals surface area contributed by atoms with E-state index in [2.05, 4.69) is 41.3 Å². The molecule has 1 N–H and O–H groups in total. The second kappa shape index (κ2) is 7.30. The van der Waals surface area contributed by atoms with Crippen LogP contribution in [0.5, 0.6) is 0 Å². The number of likely N-dealkylation sites (N-methyl/N-ethyl adjacent to an activating group) is 1. The van der Waals surface area contributed by atoms with Gasteiger partial charge in [-0.1, -0.05) is 13.8 Å². The first kappa shape index (κ1) is 13.1. The summed E-state index contributed by atoms with van der Waals surface area (Å²) in [7, 11) is 2.12. The summed E-state index contributed by atoms with van der Waals surface area (Å²) in [5, 5.41) is 11.1. The van der Waals surface area contributed by atoms with Crippen molar-refractivity contribution in [3.05, 3.63) is 24.0 Å². The average molecular weight is 222 g/mol. The van der Waals surface area contributed by atoms with Gasteiger partial charge in [-0.2, -0.15) is 10.2 Å². The Morgan fingerprint density at radius 3 is 2.81 bits per heavy atom. The predicted octanol–water partition coefficient (Wildman–Crippen LogP) is 1.15. The highest BCUT2D eigenvalue weighted by Gasteiger charge is 2.00. The zero-order valence-corrected chi connectivity index (χ0v) is 10.5. The van der Waals surface area contributed by atoms with Crippen LogP contribution >= 0.6 is 0 Å². The van der Waals surface area contributed by atoms with Gasteiger partial charge in [0.1, 0.15) is 0 Å². The minimum atomic E-state index is 0.717. The first-order chi connectivity index (χ1) is 7.68. The molecular weight excluding hydrogens is 200 g/mol. The van der Waals surface area contributed by atoms with Crippen molar-refractivity contribution in [1.29, 1.82) is 0 Å². The van der Waals surface area contributed by atoms with Crippen LogP contribution in [0.25, 0.3) is 0 Å². The summed E-state index contributed by atoms with van der Waals surface area (Å²) in [5.41, 5.74) is 1.21. The van der Waals surface area contributed by atoms with E-state index in [9.17, 15) is 0 Å². The fourth-order valence-corrected chi connectivity index (χ4v) is 1.46. The second-order valence-electron chi connectivity index (χ2n) is 4.59. The third-order valence-corrected chi connectivity index (χ3v) is 2.32. The van der Waals surface area contributed by atoms with Gasteiger partial charge in [0.25, 0.3) is 0 Å². The molecule has 0 bridgehead atoms. The summed E-state index contributed by atoms with van der Waals surface area (Å²) in [6.45, 7) is 8.55. The maximum atomic E-state index is 3.87. The summed E-state index contributed by atoms with van der Waals surface area (Å²) in [6, 6.07) is 2.01. The van der Waals surface area contributed by atoms with Crippen molar-refractivity contribution in [3.8, 4) is 0 Å². The molecule has 0 aliphatic heterocycles. The Kier molecular flexibility index (Phi) is 5.96. The lowest BCUT2D eigenvalue weighted by Gasteiger charge is -2.17. The number of aromatic nitrogens is 2. The minimum absolute atomic E-state index is 0.717. The van der Waals surface area contributed by atoms with Gasteiger partial charge in [-0.15, -0.1) is 0 Å². The highest BCUT2D eigenvalue weighted by molar-refractivity contribution is 5.04. The SMILES string of the molecule is CC(C)CNCCN(C)Cc1ccnnc1. The van der Waals surface area contributed by atoms with E-state index in [0.29, 0.717) is 0 Å². The molecule has 0 radical (unpaired) electrons. The number of hydrogen-bond acceptors (Lipinski definition) is 4. The molecule has 16 heavy (non-hydrogen) atoms. The van der Waals surface area contributed by atoms with E-state index in [-0.39, 0.29) is 0 Å². The van der Waals surface area contributed by atoms with Gasteiger partial charge in [0.05, 0.1) is 6.20 Å². The number of nitrogens with one attached hydrogen (secondary N) is 1. The molecule has 0 saturated carbocycles. The van der Waals surface area contributed by atoms with Gasteiger partial charge in [0.15, 0.2) is 0 Å². The van der Waals surface area contributed by atoms with E-state index in [1.165, 1.54) is 5.56 Å². The van der Waals surface area contributed by atoms with Crippen LogP contribution in [0.2, 0.25) is 0 Å².